The zero-order valence-corrected chi connectivity index (χ0v) is 9.06. The number of anilines is 1. The smallest absolute Gasteiger partial charge is 0.162 e. The lowest BCUT2D eigenvalue weighted by atomic mass is 10.2. The first kappa shape index (κ1) is 11.1. The highest BCUT2D eigenvalue weighted by Crippen LogP contribution is 2.23. The summed E-state index contributed by atoms with van der Waals surface area (Å²) in [7, 11) is 0. The van der Waals surface area contributed by atoms with Crippen LogP contribution in [0.4, 0.5) is 5.69 Å². The van der Waals surface area contributed by atoms with Crippen molar-refractivity contribution < 1.29 is 4.79 Å². The minimum Gasteiger partial charge on any atom is -0.360 e. The molecule has 0 aromatic heterocycles. The number of nitrogens with one attached hydrogen (secondary N) is 1. The summed E-state index contributed by atoms with van der Waals surface area (Å²) in [5.74, 6) is 0. The van der Waals surface area contributed by atoms with Gasteiger partial charge in [0.05, 0.1) is 5.03 Å². The van der Waals surface area contributed by atoms with Gasteiger partial charge in [-0.3, -0.25) is 4.79 Å². The SMILES string of the molecule is Cc1c(Cl)cccc1N/C=C(\Cl)C=O. The van der Waals surface area contributed by atoms with Crippen LogP contribution >= 0.6 is 23.2 Å². The molecule has 2 nitrogen and oxygen atoms in total. The van der Waals surface area contributed by atoms with Crippen molar-refractivity contribution in [2.45, 2.75) is 6.92 Å². The van der Waals surface area contributed by atoms with Crippen LogP contribution in [0, 0.1) is 6.92 Å². The molecule has 1 N–H and O–H groups in total. The van der Waals surface area contributed by atoms with E-state index in [9.17, 15) is 4.79 Å². The van der Waals surface area contributed by atoms with Crippen molar-refractivity contribution >= 4 is 35.2 Å². The summed E-state index contributed by atoms with van der Waals surface area (Å²) in [4.78, 5) is 10.2. The van der Waals surface area contributed by atoms with Gasteiger partial charge in [-0.25, -0.2) is 0 Å². The van der Waals surface area contributed by atoms with Gasteiger partial charge in [-0.2, -0.15) is 0 Å². The van der Waals surface area contributed by atoms with E-state index in [-0.39, 0.29) is 5.03 Å². The van der Waals surface area contributed by atoms with E-state index in [1.807, 2.05) is 19.1 Å². The lowest BCUT2D eigenvalue weighted by Crippen LogP contribution is -1.92. The lowest BCUT2D eigenvalue weighted by molar-refractivity contribution is -0.104. The van der Waals surface area contributed by atoms with Gasteiger partial charge in [-0.1, -0.05) is 29.3 Å². The number of carbonyl (C=O) groups is 1. The molecule has 0 atom stereocenters. The number of hydrogen-bond donors (Lipinski definition) is 1. The molecule has 1 aromatic rings. The summed E-state index contributed by atoms with van der Waals surface area (Å²) >= 11 is 11.4. The highest BCUT2D eigenvalue weighted by atomic mass is 35.5. The molecular weight excluding hydrogens is 221 g/mol. The van der Waals surface area contributed by atoms with Gasteiger partial charge in [0.25, 0.3) is 0 Å². The standard InChI is InChI=1S/C10H9Cl2NO/c1-7-9(12)3-2-4-10(7)13-5-8(11)6-14/h2-6,13H,1H3/b8-5-. The van der Waals surface area contributed by atoms with Gasteiger partial charge < -0.3 is 5.32 Å². The predicted molar refractivity (Wildman–Crippen MR) is 59.8 cm³/mol. The van der Waals surface area contributed by atoms with Crippen LogP contribution in [0.1, 0.15) is 5.56 Å². The molecule has 0 bridgehead atoms. The van der Waals surface area contributed by atoms with E-state index < -0.39 is 0 Å². The monoisotopic (exact) mass is 229 g/mol. The molecule has 0 heterocycles. The fourth-order valence-corrected chi connectivity index (χ4v) is 1.17. The normalized spacial score (nSPS) is 11.2. The van der Waals surface area contributed by atoms with Gasteiger partial charge in [0.2, 0.25) is 0 Å². The molecule has 0 fully saturated rings. The summed E-state index contributed by atoms with van der Waals surface area (Å²) in [6.07, 6.45) is 1.99. The molecule has 0 radical (unpaired) electrons. The first-order valence-corrected chi connectivity index (χ1v) is 4.73. The zero-order chi connectivity index (χ0) is 10.6. The summed E-state index contributed by atoms with van der Waals surface area (Å²) in [6.45, 7) is 1.88. The molecule has 0 aliphatic heterocycles. The molecule has 0 unspecified atom stereocenters. The molecule has 0 aliphatic carbocycles. The highest BCUT2D eigenvalue weighted by Gasteiger charge is 1.99. The van der Waals surface area contributed by atoms with Crippen molar-refractivity contribution in [2.24, 2.45) is 0 Å². The third kappa shape index (κ3) is 2.76. The number of hydrogen-bond acceptors (Lipinski definition) is 2. The fraction of sp³-hybridized carbons (Fsp3) is 0.100. The van der Waals surface area contributed by atoms with Gasteiger partial charge in [0, 0.05) is 16.9 Å². The number of halogens is 2. The maximum absolute atomic E-state index is 10.2. The number of allylic oxidation sites excluding steroid dienone is 1. The van der Waals surface area contributed by atoms with Crippen molar-refractivity contribution in [3.8, 4) is 0 Å². The fourth-order valence-electron chi connectivity index (χ4n) is 0.945. The van der Waals surface area contributed by atoms with E-state index in [4.69, 9.17) is 23.2 Å². The Balaban J connectivity index is 2.87. The van der Waals surface area contributed by atoms with Crippen LogP contribution in [-0.2, 0) is 4.79 Å². The van der Waals surface area contributed by atoms with Gasteiger partial charge in [0.15, 0.2) is 6.29 Å². The summed E-state index contributed by atoms with van der Waals surface area (Å²) in [5, 5.41) is 3.68. The quantitative estimate of drug-likeness (QED) is 0.637. The largest absolute Gasteiger partial charge is 0.360 e. The number of benzene rings is 1. The van der Waals surface area contributed by atoms with Crippen LogP contribution in [0.25, 0.3) is 0 Å². The molecule has 14 heavy (non-hydrogen) atoms. The predicted octanol–water partition coefficient (Wildman–Crippen LogP) is 3.34. The van der Waals surface area contributed by atoms with Crippen molar-refractivity contribution in [1.82, 2.24) is 0 Å². The molecule has 74 valence electrons. The van der Waals surface area contributed by atoms with Crippen molar-refractivity contribution in [3.05, 3.63) is 40.0 Å². The van der Waals surface area contributed by atoms with Crippen LogP contribution in [0.15, 0.2) is 29.4 Å². The van der Waals surface area contributed by atoms with Gasteiger partial charge in [-0.15, -0.1) is 0 Å². The topological polar surface area (TPSA) is 29.1 Å². The van der Waals surface area contributed by atoms with Crippen molar-refractivity contribution in [3.63, 3.8) is 0 Å². The van der Waals surface area contributed by atoms with E-state index in [1.165, 1.54) is 6.20 Å². The van der Waals surface area contributed by atoms with Crippen molar-refractivity contribution in [2.75, 3.05) is 5.32 Å². The molecule has 4 heteroatoms. The van der Waals surface area contributed by atoms with E-state index >= 15 is 0 Å². The van der Waals surface area contributed by atoms with Crippen molar-refractivity contribution in [1.29, 1.82) is 0 Å². The molecular formula is C10H9Cl2NO. The molecule has 1 rings (SSSR count). The second kappa shape index (κ2) is 5.03. The Bertz CT molecular complexity index is 374. The van der Waals surface area contributed by atoms with Crippen LogP contribution in [0.5, 0.6) is 0 Å². The first-order chi connectivity index (χ1) is 6.65. The Hall–Kier alpha value is -0.990. The third-order valence-corrected chi connectivity index (χ3v) is 2.35. The van der Waals surface area contributed by atoms with Gasteiger partial charge in [0.1, 0.15) is 0 Å². The average molecular weight is 230 g/mol. The zero-order valence-electron chi connectivity index (χ0n) is 7.55. The van der Waals surface area contributed by atoms with Gasteiger partial charge >= 0.3 is 0 Å². The lowest BCUT2D eigenvalue weighted by Gasteiger charge is -2.06. The van der Waals surface area contributed by atoms with Crippen LogP contribution < -0.4 is 5.32 Å². The maximum atomic E-state index is 10.2. The Morgan fingerprint density at radius 3 is 2.86 bits per heavy atom. The van der Waals surface area contributed by atoms with Crippen LogP contribution in [0.2, 0.25) is 5.02 Å². The van der Waals surface area contributed by atoms with E-state index in [2.05, 4.69) is 5.32 Å². The minimum absolute atomic E-state index is 0.115. The Morgan fingerprint density at radius 2 is 2.21 bits per heavy atom. The second-order valence-corrected chi connectivity index (χ2v) is 3.55. The van der Waals surface area contributed by atoms with Crippen LogP contribution in [0.3, 0.4) is 0 Å². The molecule has 0 amide bonds. The maximum Gasteiger partial charge on any atom is 0.162 e. The van der Waals surface area contributed by atoms with Gasteiger partial charge in [-0.05, 0) is 24.6 Å². The highest BCUT2D eigenvalue weighted by molar-refractivity contribution is 6.38. The van der Waals surface area contributed by atoms with E-state index in [1.54, 1.807) is 6.07 Å². The summed E-state index contributed by atoms with van der Waals surface area (Å²) < 4.78 is 0. The molecule has 0 aliphatic rings. The Kier molecular flexibility index (Phi) is 3.98. The molecule has 0 saturated carbocycles. The summed E-state index contributed by atoms with van der Waals surface area (Å²) in [5.41, 5.74) is 1.75. The first-order valence-electron chi connectivity index (χ1n) is 3.97. The van der Waals surface area contributed by atoms with E-state index in [0.29, 0.717) is 11.3 Å². The average Bonchev–Trinajstić information content (AvgIpc) is 2.20. The summed E-state index contributed by atoms with van der Waals surface area (Å²) in [6, 6.07) is 5.47. The number of aldehydes is 1. The number of carbonyl (C=O) groups excluding carboxylic acids is 1. The van der Waals surface area contributed by atoms with E-state index in [0.717, 1.165) is 11.3 Å². The third-order valence-electron chi connectivity index (χ3n) is 1.75. The molecule has 1 aromatic carbocycles. The minimum atomic E-state index is 0.115. The Labute approximate surface area is 92.5 Å². The molecule has 0 spiro atoms. The number of rotatable bonds is 3. The second-order valence-electron chi connectivity index (χ2n) is 2.70. The van der Waals surface area contributed by atoms with Crippen LogP contribution in [-0.4, -0.2) is 6.29 Å². The Morgan fingerprint density at radius 1 is 1.50 bits per heavy atom. The molecule has 0 saturated heterocycles.